The summed E-state index contributed by atoms with van der Waals surface area (Å²) < 4.78 is 24.7. The van der Waals surface area contributed by atoms with Crippen LogP contribution in [0.15, 0.2) is 24.4 Å². The fourth-order valence-electron chi connectivity index (χ4n) is 2.83. The third-order valence-electron chi connectivity index (χ3n) is 4.00. The van der Waals surface area contributed by atoms with Gasteiger partial charge in [0.25, 0.3) is 11.8 Å². The number of nitrogens with two attached hydrogens (primary N) is 1. The van der Waals surface area contributed by atoms with Crippen molar-refractivity contribution in [1.29, 1.82) is 0 Å². The van der Waals surface area contributed by atoms with Gasteiger partial charge in [0.1, 0.15) is 12.4 Å². The van der Waals surface area contributed by atoms with Gasteiger partial charge >= 0.3 is 0 Å². The maximum absolute atomic E-state index is 13.3. The molecule has 1 saturated heterocycles. The molecule has 2 unspecified atom stereocenters. The first-order valence-electron chi connectivity index (χ1n) is 9.73. The zero-order valence-electron chi connectivity index (χ0n) is 17.5. The molecule has 0 bridgehead atoms. The number of ether oxygens (including phenoxy) is 2. The molecular weight excluding hydrogens is 393 g/mol. The Morgan fingerprint density at radius 3 is 2.57 bits per heavy atom. The van der Waals surface area contributed by atoms with Crippen LogP contribution in [-0.2, 0) is 4.79 Å². The number of primary amides is 1. The van der Waals surface area contributed by atoms with E-state index < -0.39 is 24.0 Å². The molecule has 2 heterocycles. The van der Waals surface area contributed by atoms with Crippen LogP contribution >= 0.6 is 0 Å². The Balaban J connectivity index is 0.000000735. The summed E-state index contributed by atoms with van der Waals surface area (Å²) in [5.74, 6) is -0.563. The van der Waals surface area contributed by atoms with E-state index >= 15 is 0 Å². The zero-order valence-corrected chi connectivity index (χ0v) is 17.5. The van der Waals surface area contributed by atoms with Crippen LogP contribution in [-0.4, -0.2) is 52.9 Å². The van der Waals surface area contributed by atoms with Crippen LogP contribution in [0.4, 0.5) is 4.39 Å². The normalized spacial score (nSPS) is 18.2. The summed E-state index contributed by atoms with van der Waals surface area (Å²) in [5, 5.41) is 11.9. The van der Waals surface area contributed by atoms with Crippen LogP contribution in [0.25, 0.3) is 10.8 Å². The second kappa shape index (κ2) is 10.2. The molecule has 1 aromatic carbocycles. The van der Waals surface area contributed by atoms with Crippen molar-refractivity contribution in [3.63, 3.8) is 0 Å². The van der Waals surface area contributed by atoms with Gasteiger partial charge in [-0.2, -0.15) is 0 Å². The van der Waals surface area contributed by atoms with Crippen molar-refractivity contribution in [1.82, 2.24) is 10.3 Å². The standard InChI is InChI=1S/C18H20FN3O4.C3H8O/c1-9(2)26-15-7-12-10(5-13(15)16(20)23)3-4-21-18(12)25-8-11-6-14(19)17(24)22-11;1-3(2)4/h3-5,7,9,11,14H,6,8H2,1-2H3,(H2,20,23)(H,22,24);3-4H,1-2H3. The number of rotatable bonds is 6. The van der Waals surface area contributed by atoms with Crippen LogP contribution in [0.3, 0.4) is 0 Å². The predicted molar refractivity (Wildman–Crippen MR) is 110 cm³/mol. The van der Waals surface area contributed by atoms with Crippen LogP contribution in [0.5, 0.6) is 11.6 Å². The molecule has 1 aliphatic heterocycles. The topological polar surface area (TPSA) is 124 Å². The number of aromatic nitrogens is 1. The molecule has 2 amide bonds. The number of aliphatic hydroxyl groups is 1. The minimum atomic E-state index is -1.51. The van der Waals surface area contributed by atoms with E-state index in [9.17, 15) is 14.0 Å². The van der Waals surface area contributed by atoms with E-state index in [-0.39, 0.29) is 30.8 Å². The second-order valence-electron chi connectivity index (χ2n) is 7.53. The largest absolute Gasteiger partial charge is 0.490 e. The summed E-state index contributed by atoms with van der Waals surface area (Å²) in [4.78, 5) is 27.2. The lowest BCUT2D eigenvalue weighted by Gasteiger charge is -2.16. The fraction of sp³-hybridized carbons (Fsp3) is 0.476. The molecule has 8 nitrogen and oxygen atoms in total. The molecule has 2 aromatic rings. The Kier molecular flexibility index (Phi) is 7.93. The number of aliphatic hydroxyl groups excluding tert-OH is 1. The van der Waals surface area contributed by atoms with Gasteiger partial charge in [0.05, 0.1) is 17.7 Å². The first-order chi connectivity index (χ1) is 14.1. The lowest BCUT2D eigenvalue weighted by atomic mass is 10.1. The van der Waals surface area contributed by atoms with E-state index in [1.807, 2.05) is 13.8 Å². The fourth-order valence-corrected chi connectivity index (χ4v) is 2.83. The lowest BCUT2D eigenvalue weighted by Crippen LogP contribution is -2.31. The molecule has 1 fully saturated rings. The van der Waals surface area contributed by atoms with Crippen LogP contribution < -0.4 is 20.5 Å². The first-order valence-corrected chi connectivity index (χ1v) is 9.73. The third-order valence-corrected chi connectivity index (χ3v) is 4.00. The highest BCUT2D eigenvalue weighted by atomic mass is 19.1. The maximum atomic E-state index is 13.3. The number of benzene rings is 1. The Bertz CT molecular complexity index is 901. The van der Waals surface area contributed by atoms with E-state index in [1.54, 1.807) is 32.0 Å². The predicted octanol–water partition coefficient (Wildman–Crippen LogP) is 2.11. The van der Waals surface area contributed by atoms with Gasteiger partial charge in [-0.1, -0.05) is 0 Å². The monoisotopic (exact) mass is 421 g/mol. The molecule has 164 valence electrons. The number of amides is 2. The van der Waals surface area contributed by atoms with Crippen LogP contribution in [0.2, 0.25) is 0 Å². The number of fused-ring (bicyclic) bond motifs is 1. The molecule has 4 N–H and O–H groups in total. The molecule has 1 aromatic heterocycles. The minimum Gasteiger partial charge on any atom is -0.490 e. The summed E-state index contributed by atoms with van der Waals surface area (Å²) in [6.45, 7) is 7.22. The van der Waals surface area contributed by atoms with Crippen LogP contribution in [0, 0.1) is 0 Å². The van der Waals surface area contributed by atoms with Gasteiger partial charge in [0, 0.05) is 24.1 Å². The first kappa shape index (κ1) is 23.3. The Labute approximate surface area is 174 Å². The lowest BCUT2D eigenvalue weighted by molar-refractivity contribution is -0.123. The van der Waals surface area contributed by atoms with Crippen molar-refractivity contribution < 1.29 is 28.6 Å². The van der Waals surface area contributed by atoms with Crippen molar-refractivity contribution in [2.45, 2.75) is 58.5 Å². The molecule has 1 aliphatic rings. The Morgan fingerprint density at radius 2 is 2.03 bits per heavy atom. The molecule has 3 rings (SSSR count). The van der Waals surface area contributed by atoms with Gasteiger partial charge in [0.15, 0.2) is 6.17 Å². The number of hydrogen-bond donors (Lipinski definition) is 3. The number of halogens is 1. The number of nitrogens with one attached hydrogen (secondary N) is 1. The summed E-state index contributed by atoms with van der Waals surface area (Å²) >= 11 is 0. The van der Waals surface area contributed by atoms with Crippen molar-refractivity contribution in [3.05, 3.63) is 30.0 Å². The highest BCUT2D eigenvalue weighted by molar-refractivity contribution is 6.01. The van der Waals surface area contributed by atoms with Gasteiger partial charge in [-0.05, 0) is 51.3 Å². The second-order valence-corrected chi connectivity index (χ2v) is 7.53. The number of nitrogens with zero attached hydrogens (tertiary/aromatic N) is 1. The van der Waals surface area contributed by atoms with E-state index in [0.717, 1.165) is 0 Å². The molecule has 0 saturated carbocycles. The molecule has 0 spiro atoms. The Morgan fingerprint density at radius 1 is 1.37 bits per heavy atom. The maximum Gasteiger partial charge on any atom is 0.254 e. The Hall–Kier alpha value is -2.94. The minimum absolute atomic E-state index is 0.0666. The number of carbonyl (C=O) groups is 2. The van der Waals surface area contributed by atoms with Gasteiger partial charge in [-0.15, -0.1) is 0 Å². The molecule has 30 heavy (non-hydrogen) atoms. The van der Waals surface area contributed by atoms with E-state index in [4.69, 9.17) is 20.3 Å². The molecule has 9 heteroatoms. The van der Waals surface area contributed by atoms with Gasteiger partial charge in [-0.25, -0.2) is 9.37 Å². The average molecular weight is 421 g/mol. The summed E-state index contributed by atoms with van der Waals surface area (Å²) in [6.07, 6.45) is -0.219. The smallest absolute Gasteiger partial charge is 0.254 e. The summed E-state index contributed by atoms with van der Waals surface area (Å²) in [5.41, 5.74) is 5.72. The zero-order chi connectivity index (χ0) is 22.4. The third kappa shape index (κ3) is 6.28. The SMILES string of the molecule is CC(C)O.CC(C)Oc1cc2c(OCC3CC(F)C(=O)N3)nccc2cc1C(N)=O. The molecular formula is C21H28FN3O5. The number of pyridine rings is 1. The number of alkyl halides is 1. The van der Waals surface area contributed by atoms with Gasteiger partial charge < -0.3 is 25.6 Å². The van der Waals surface area contributed by atoms with Gasteiger partial charge in [0.2, 0.25) is 5.88 Å². The quantitative estimate of drug-likeness (QED) is 0.656. The number of hydrogen-bond acceptors (Lipinski definition) is 6. The highest BCUT2D eigenvalue weighted by Gasteiger charge is 2.32. The summed E-state index contributed by atoms with van der Waals surface area (Å²) in [7, 11) is 0. The molecule has 0 radical (unpaired) electrons. The van der Waals surface area contributed by atoms with Gasteiger partial charge in [-0.3, -0.25) is 9.59 Å². The molecule has 0 aliphatic carbocycles. The van der Waals surface area contributed by atoms with Crippen molar-refractivity contribution in [2.75, 3.05) is 6.61 Å². The van der Waals surface area contributed by atoms with Crippen LogP contribution in [0.1, 0.15) is 44.5 Å². The van der Waals surface area contributed by atoms with Crippen molar-refractivity contribution in [2.24, 2.45) is 5.73 Å². The van der Waals surface area contributed by atoms with E-state index in [2.05, 4.69) is 10.3 Å². The van der Waals surface area contributed by atoms with E-state index in [0.29, 0.717) is 22.4 Å². The summed E-state index contributed by atoms with van der Waals surface area (Å²) in [6, 6.07) is 4.59. The average Bonchev–Trinajstić information content (AvgIpc) is 2.96. The van der Waals surface area contributed by atoms with E-state index in [1.165, 1.54) is 6.20 Å². The number of carbonyl (C=O) groups excluding carboxylic acids is 2. The highest BCUT2D eigenvalue weighted by Crippen LogP contribution is 2.31. The van der Waals surface area contributed by atoms with Crippen molar-refractivity contribution >= 4 is 22.6 Å². The molecule has 2 atom stereocenters. The van der Waals surface area contributed by atoms with Crippen molar-refractivity contribution in [3.8, 4) is 11.6 Å².